The van der Waals surface area contributed by atoms with Crippen molar-refractivity contribution in [3.05, 3.63) is 0 Å². The van der Waals surface area contributed by atoms with Gasteiger partial charge in [0.15, 0.2) is 0 Å². The predicted octanol–water partition coefficient (Wildman–Crippen LogP) is 4.49. The van der Waals surface area contributed by atoms with Gasteiger partial charge in [0.25, 0.3) is 0 Å². The number of rotatable bonds is 5. The quantitative estimate of drug-likeness (QED) is 0.587. The Morgan fingerprint density at radius 1 is 1.31 bits per heavy atom. The highest BCUT2D eigenvalue weighted by Gasteiger charge is 2.48. The van der Waals surface area contributed by atoms with Crippen LogP contribution in [-0.2, 0) is 0 Å². The Balaban J connectivity index is 2.25. The molecule has 0 saturated heterocycles. The van der Waals surface area contributed by atoms with Crippen molar-refractivity contribution in [3.8, 4) is 0 Å². The molecule has 3 atom stereocenters. The van der Waals surface area contributed by atoms with Crippen LogP contribution in [0.4, 0.5) is 0 Å². The lowest BCUT2D eigenvalue weighted by Crippen LogP contribution is -2.08. The zero-order valence-corrected chi connectivity index (χ0v) is 10.1. The summed E-state index contributed by atoms with van der Waals surface area (Å²) in [4.78, 5) is 0. The van der Waals surface area contributed by atoms with Crippen molar-refractivity contribution in [1.82, 2.24) is 0 Å². The average Bonchev–Trinajstić information content (AvgIpc) is 2.58. The van der Waals surface area contributed by atoms with E-state index in [1.54, 1.807) is 0 Å². The Morgan fingerprint density at radius 3 is 2.31 bits per heavy atom. The topological polar surface area (TPSA) is 0 Å². The lowest BCUT2D eigenvalue weighted by atomic mass is 9.87. The SMILES string of the molecule is CCC1CC1(C)CC(C)CC(C)C. The van der Waals surface area contributed by atoms with Gasteiger partial charge in [-0.25, -0.2) is 0 Å². The largest absolute Gasteiger partial charge is 0.0651 e. The van der Waals surface area contributed by atoms with Gasteiger partial charge in [-0.05, 0) is 42.4 Å². The minimum absolute atomic E-state index is 0.725. The van der Waals surface area contributed by atoms with E-state index in [2.05, 4.69) is 34.6 Å². The molecule has 0 aromatic carbocycles. The van der Waals surface area contributed by atoms with Crippen molar-refractivity contribution in [2.45, 2.75) is 60.3 Å². The molecule has 1 rings (SSSR count). The van der Waals surface area contributed by atoms with Crippen molar-refractivity contribution in [2.24, 2.45) is 23.2 Å². The zero-order valence-electron chi connectivity index (χ0n) is 10.1. The van der Waals surface area contributed by atoms with E-state index in [9.17, 15) is 0 Å². The van der Waals surface area contributed by atoms with Crippen LogP contribution in [-0.4, -0.2) is 0 Å². The van der Waals surface area contributed by atoms with Crippen LogP contribution in [0, 0.1) is 23.2 Å². The molecule has 0 heterocycles. The van der Waals surface area contributed by atoms with E-state index in [0.717, 1.165) is 23.2 Å². The second-order valence-corrected chi connectivity index (χ2v) is 5.90. The summed E-state index contributed by atoms with van der Waals surface area (Å²) in [7, 11) is 0. The Labute approximate surface area is 84.1 Å². The van der Waals surface area contributed by atoms with Gasteiger partial charge in [0, 0.05) is 0 Å². The Hall–Kier alpha value is 0. The normalized spacial score (nSPS) is 35.1. The summed E-state index contributed by atoms with van der Waals surface area (Å²) in [6.07, 6.45) is 5.76. The third-order valence-electron chi connectivity index (χ3n) is 3.72. The monoisotopic (exact) mass is 182 g/mol. The molecule has 1 aliphatic rings. The molecule has 0 spiro atoms. The zero-order chi connectivity index (χ0) is 10.1. The van der Waals surface area contributed by atoms with Gasteiger partial charge in [0.1, 0.15) is 0 Å². The minimum Gasteiger partial charge on any atom is -0.0651 e. The molecule has 0 radical (unpaired) electrons. The predicted molar refractivity (Wildman–Crippen MR) is 59.7 cm³/mol. The van der Waals surface area contributed by atoms with E-state index in [-0.39, 0.29) is 0 Å². The fraction of sp³-hybridized carbons (Fsp3) is 1.00. The minimum atomic E-state index is 0.725. The molecule has 13 heavy (non-hydrogen) atoms. The number of hydrogen-bond donors (Lipinski definition) is 0. The Morgan fingerprint density at radius 2 is 1.92 bits per heavy atom. The van der Waals surface area contributed by atoms with Gasteiger partial charge >= 0.3 is 0 Å². The molecule has 0 N–H and O–H groups in total. The molecule has 0 aromatic rings. The van der Waals surface area contributed by atoms with Crippen LogP contribution in [0.3, 0.4) is 0 Å². The maximum Gasteiger partial charge on any atom is -0.0292 e. The fourth-order valence-corrected chi connectivity index (χ4v) is 3.08. The molecule has 1 fully saturated rings. The third-order valence-corrected chi connectivity index (χ3v) is 3.72. The molecular weight excluding hydrogens is 156 g/mol. The van der Waals surface area contributed by atoms with Crippen LogP contribution >= 0.6 is 0 Å². The molecule has 0 aromatic heterocycles. The van der Waals surface area contributed by atoms with Crippen LogP contribution in [0.2, 0.25) is 0 Å². The Kier molecular flexibility index (Phi) is 3.43. The molecule has 1 aliphatic carbocycles. The van der Waals surface area contributed by atoms with Gasteiger partial charge in [-0.2, -0.15) is 0 Å². The molecule has 3 unspecified atom stereocenters. The van der Waals surface area contributed by atoms with Gasteiger partial charge < -0.3 is 0 Å². The van der Waals surface area contributed by atoms with Crippen molar-refractivity contribution in [1.29, 1.82) is 0 Å². The molecular formula is C13H26. The first-order valence-electron chi connectivity index (χ1n) is 5.98. The van der Waals surface area contributed by atoms with E-state index in [1.807, 2.05) is 0 Å². The van der Waals surface area contributed by atoms with Crippen molar-refractivity contribution < 1.29 is 0 Å². The lowest BCUT2D eigenvalue weighted by Gasteiger charge is -2.19. The van der Waals surface area contributed by atoms with Crippen LogP contribution < -0.4 is 0 Å². The standard InChI is InChI=1S/C13H26/c1-6-12-9-13(12,5)8-11(4)7-10(2)3/h10-12H,6-9H2,1-5H3. The molecule has 0 amide bonds. The summed E-state index contributed by atoms with van der Waals surface area (Å²) in [6.45, 7) is 11.9. The third kappa shape index (κ3) is 3.00. The molecule has 0 heteroatoms. The van der Waals surface area contributed by atoms with Crippen molar-refractivity contribution in [3.63, 3.8) is 0 Å². The first kappa shape index (κ1) is 11.1. The molecule has 1 saturated carbocycles. The summed E-state index contributed by atoms with van der Waals surface area (Å²) in [5.74, 6) is 2.85. The van der Waals surface area contributed by atoms with Gasteiger partial charge in [-0.15, -0.1) is 0 Å². The average molecular weight is 182 g/mol. The maximum absolute atomic E-state index is 2.48. The van der Waals surface area contributed by atoms with E-state index in [4.69, 9.17) is 0 Å². The summed E-state index contributed by atoms with van der Waals surface area (Å²) >= 11 is 0. The smallest absolute Gasteiger partial charge is 0.0292 e. The van der Waals surface area contributed by atoms with E-state index < -0.39 is 0 Å². The lowest BCUT2D eigenvalue weighted by molar-refractivity contribution is 0.322. The highest BCUT2D eigenvalue weighted by molar-refractivity contribution is 4.98. The van der Waals surface area contributed by atoms with Crippen LogP contribution in [0.15, 0.2) is 0 Å². The van der Waals surface area contributed by atoms with E-state index in [1.165, 1.54) is 25.7 Å². The number of hydrogen-bond acceptors (Lipinski definition) is 0. The van der Waals surface area contributed by atoms with E-state index >= 15 is 0 Å². The van der Waals surface area contributed by atoms with Crippen molar-refractivity contribution >= 4 is 0 Å². The Bertz CT molecular complexity index is 159. The van der Waals surface area contributed by atoms with Crippen LogP contribution in [0.1, 0.15) is 60.3 Å². The summed E-state index contributed by atoms with van der Waals surface area (Å²) in [6, 6.07) is 0. The molecule has 78 valence electrons. The highest BCUT2D eigenvalue weighted by Crippen LogP contribution is 2.58. The first-order valence-corrected chi connectivity index (χ1v) is 5.98. The van der Waals surface area contributed by atoms with Gasteiger partial charge in [-0.3, -0.25) is 0 Å². The second kappa shape index (κ2) is 4.02. The fourth-order valence-electron chi connectivity index (χ4n) is 3.08. The first-order chi connectivity index (χ1) is 5.98. The van der Waals surface area contributed by atoms with Gasteiger partial charge in [0.2, 0.25) is 0 Å². The molecule has 0 bridgehead atoms. The summed E-state index contributed by atoms with van der Waals surface area (Å²) in [5.41, 5.74) is 0.725. The molecule has 0 aliphatic heterocycles. The maximum atomic E-state index is 2.48. The van der Waals surface area contributed by atoms with E-state index in [0.29, 0.717) is 0 Å². The van der Waals surface area contributed by atoms with Crippen molar-refractivity contribution in [2.75, 3.05) is 0 Å². The summed E-state index contributed by atoms with van der Waals surface area (Å²) in [5, 5.41) is 0. The van der Waals surface area contributed by atoms with Crippen LogP contribution in [0.5, 0.6) is 0 Å². The van der Waals surface area contributed by atoms with Gasteiger partial charge in [0.05, 0.1) is 0 Å². The second-order valence-electron chi connectivity index (χ2n) is 5.90. The van der Waals surface area contributed by atoms with Gasteiger partial charge in [-0.1, -0.05) is 41.0 Å². The molecule has 0 nitrogen and oxygen atoms in total. The highest BCUT2D eigenvalue weighted by atomic mass is 14.5. The van der Waals surface area contributed by atoms with Crippen LogP contribution in [0.25, 0.3) is 0 Å². The summed E-state index contributed by atoms with van der Waals surface area (Å²) < 4.78 is 0.